The SMILES string of the molecule is Oc1c(C2=NCCOC2)c2cc(NC3CCCC3)ccc2n1C1CCOCC1. The third-order valence-corrected chi connectivity index (χ3v) is 6.32. The molecule has 0 radical (unpaired) electrons. The average molecular weight is 383 g/mol. The molecule has 0 amide bonds. The van der Waals surface area contributed by atoms with Gasteiger partial charge in [0.15, 0.2) is 0 Å². The Labute approximate surface area is 165 Å². The lowest BCUT2D eigenvalue weighted by Crippen LogP contribution is -2.20. The number of rotatable bonds is 4. The van der Waals surface area contributed by atoms with Crippen LogP contribution in [0, 0.1) is 0 Å². The predicted molar refractivity (Wildman–Crippen MR) is 111 cm³/mol. The van der Waals surface area contributed by atoms with Crippen molar-refractivity contribution >= 4 is 22.3 Å². The van der Waals surface area contributed by atoms with Gasteiger partial charge in [-0.25, -0.2) is 0 Å². The van der Waals surface area contributed by atoms with Gasteiger partial charge in [-0.1, -0.05) is 12.8 Å². The van der Waals surface area contributed by atoms with Crippen LogP contribution in [-0.2, 0) is 9.47 Å². The van der Waals surface area contributed by atoms with Crippen LogP contribution in [0.2, 0.25) is 0 Å². The van der Waals surface area contributed by atoms with Crippen LogP contribution in [0.15, 0.2) is 23.2 Å². The monoisotopic (exact) mass is 383 g/mol. The summed E-state index contributed by atoms with van der Waals surface area (Å²) in [6.07, 6.45) is 6.92. The smallest absolute Gasteiger partial charge is 0.201 e. The third kappa shape index (κ3) is 3.29. The van der Waals surface area contributed by atoms with E-state index in [4.69, 9.17) is 9.47 Å². The Hall–Kier alpha value is -2.05. The number of aliphatic imine (C=N–C) groups is 1. The van der Waals surface area contributed by atoms with E-state index in [9.17, 15) is 5.11 Å². The minimum absolute atomic E-state index is 0.253. The van der Waals surface area contributed by atoms with Crippen molar-refractivity contribution in [1.82, 2.24) is 4.57 Å². The molecule has 6 nitrogen and oxygen atoms in total. The van der Waals surface area contributed by atoms with Crippen molar-refractivity contribution in [2.24, 2.45) is 4.99 Å². The van der Waals surface area contributed by atoms with Gasteiger partial charge in [-0.2, -0.15) is 0 Å². The van der Waals surface area contributed by atoms with Gasteiger partial charge in [-0.15, -0.1) is 0 Å². The topological polar surface area (TPSA) is 68.0 Å². The molecule has 0 atom stereocenters. The molecule has 5 rings (SSSR count). The number of fused-ring (bicyclic) bond motifs is 1. The number of nitrogens with zero attached hydrogens (tertiary/aromatic N) is 2. The van der Waals surface area contributed by atoms with E-state index in [0.29, 0.717) is 31.7 Å². The van der Waals surface area contributed by atoms with Gasteiger partial charge < -0.3 is 24.5 Å². The number of aromatic hydroxyl groups is 1. The molecule has 1 saturated carbocycles. The van der Waals surface area contributed by atoms with Gasteiger partial charge >= 0.3 is 0 Å². The first kappa shape index (κ1) is 18.0. The fraction of sp³-hybridized carbons (Fsp3) is 0.591. The second kappa shape index (κ2) is 7.76. The molecule has 1 saturated heterocycles. The molecular formula is C22H29N3O3. The average Bonchev–Trinajstić information content (AvgIpc) is 3.34. The van der Waals surface area contributed by atoms with E-state index in [-0.39, 0.29) is 6.04 Å². The molecule has 2 N–H and O–H groups in total. The number of hydrogen-bond acceptors (Lipinski definition) is 5. The molecule has 1 aromatic heterocycles. The van der Waals surface area contributed by atoms with Gasteiger partial charge in [0.1, 0.15) is 0 Å². The maximum atomic E-state index is 11.3. The van der Waals surface area contributed by atoms with Crippen molar-refractivity contribution in [3.63, 3.8) is 0 Å². The number of benzene rings is 1. The summed E-state index contributed by atoms with van der Waals surface area (Å²) >= 11 is 0. The zero-order chi connectivity index (χ0) is 18.9. The van der Waals surface area contributed by atoms with Crippen molar-refractivity contribution in [3.8, 4) is 5.88 Å². The number of nitrogens with one attached hydrogen (secondary N) is 1. The van der Waals surface area contributed by atoms with Gasteiger partial charge in [0.2, 0.25) is 5.88 Å². The first-order chi connectivity index (χ1) is 13.8. The van der Waals surface area contributed by atoms with E-state index in [2.05, 4.69) is 33.1 Å². The van der Waals surface area contributed by atoms with E-state index in [1.165, 1.54) is 25.7 Å². The highest BCUT2D eigenvalue weighted by Crippen LogP contribution is 2.39. The van der Waals surface area contributed by atoms with E-state index >= 15 is 0 Å². The van der Waals surface area contributed by atoms with E-state index in [0.717, 1.165) is 53.9 Å². The van der Waals surface area contributed by atoms with Crippen molar-refractivity contribution < 1.29 is 14.6 Å². The normalized spacial score (nSPS) is 21.9. The summed E-state index contributed by atoms with van der Waals surface area (Å²) in [7, 11) is 0. The minimum Gasteiger partial charge on any atom is -0.494 e. The lowest BCUT2D eigenvalue weighted by Gasteiger charge is -2.25. The second-order valence-corrected chi connectivity index (χ2v) is 8.15. The molecule has 1 aliphatic carbocycles. The maximum Gasteiger partial charge on any atom is 0.201 e. The Balaban J connectivity index is 1.60. The molecule has 28 heavy (non-hydrogen) atoms. The highest BCUT2D eigenvalue weighted by molar-refractivity contribution is 6.14. The first-order valence-corrected chi connectivity index (χ1v) is 10.6. The van der Waals surface area contributed by atoms with Crippen LogP contribution in [0.25, 0.3) is 10.9 Å². The van der Waals surface area contributed by atoms with Crippen molar-refractivity contribution in [2.45, 2.75) is 50.6 Å². The summed E-state index contributed by atoms with van der Waals surface area (Å²) in [6, 6.07) is 7.30. The van der Waals surface area contributed by atoms with Gasteiger partial charge in [0.25, 0.3) is 0 Å². The van der Waals surface area contributed by atoms with Crippen molar-refractivity contribution in [3.05, 3.63) is 23.8 Å². The Morgan fingerprint density at radius 2 is 1.86 bits per heavy atom. The van der Waals surface area contributed by atoms with E-state index in [1.54, 1.807) is 0 Å². The number of aromatic nitrogens is 1. The quantitative estimate of drug-likeness (QED) is 0.841. The van der Waals surface area contributed by atoms with Crippen molar-refractivity contribution in [1.29, 1.82) is 0 Å². The minimum atomic E-state index is 0.253. The van der Waals surface area contributed by atoms with Gasteiger partial charge in [0.05, 0.1) is 36.6 Å². The molecule has 0 spiro atoms. The lowest BCUT2D eigenvalue weighted by atomic mass is 10.1. The highest BCUT2D eigenvalue weighted by Gasteiger charge is 2.27. The van der Waals surface area contributed by atoms with Crippen molar-refractivity contribution in [2.75, 3.05) is 38.3 Å². The van der Waals surface area contributed by atoms with Crippen LogP contribution in [-0.4, -0.2) is 54.4 Å². The lowest BCUT2D eigenvalue weighted by molar-refractivity contribution is 0.0688. The molecule has 3 heterocycles. The standard InChI is InChI=1S/C22H29N3O3/c26-22-21(19-14-28-12-9-23-19)18-13-16(24-15-3-1-2-4-15)5-6-20(18)25(22)17-7-10-27-11-8-17/h5-6,13,15,17,24,26H,1-4,7-12,14H2. The Bertz CT molecular complexity index is 877. The van der Waals surface area contributed by atoms with E-state index < -0.39 is 0 Å². The molecule has 6 heteroatoms. The van der Waals surface area contributed by atoms with Crippen LogP contribution >= 0.6 is 0 Å². The van der Waals surface area contributed by atoms with Gasteiger partial charge in [-0.05, 0) is 43.9 Å². The Morgan fingerprint density at radius 1 is 1.04 bits per heavy atom. The van der Waals surface area contributed by atoms with Gasteiger partial charge in [-0.3, -0.25) is 4.99 Å². The number of hydrogen-bond donors (Lipinski definition) is 2. The van der Waals surface area contributed by atoms with Crippen LogP contribution < -0.4 is 5.32 Å². The summed E-state index contributed by atoms with van der Waals surface area (Å²) in [5.41, 5.74) is 3.90. The zero-order valence-electron chi connectivity index (χ0n) is 16.3. The molecule has 2 aliphatic heterocycles. The number of anilines is 1. The van der Waals surface area contributed by atoms with Crippen LogP contribution in [0.4, 0.5) is 5.69 Å². The maximum absolute atomic E-state index is 11.3. The van der Waals surface area contributed by atoms with Crippen LogP contribution in [0.3, 0.4) is 0 Å². The predicted octanol–water partition coefficient (Wildman–Crippen LogP) is 3.87. The molecule has 2 fully saturated rings. The Morgan fingerprint density at radius 3 is 2.61 bits per heavy atom. The highest BCUT2D eigenvalue weighted by atomic mass is 16.5. The van der Waals surface area contributed by atoms with Gasteiger partial charge in [0, 0.05) is 36.4 Å². The van der Waals surface area contributed by atoms with E-state index in [1.807, 2.05) is 0 Å². The largest absolute Gasteiger partial charge is 0.494 e. The molecule has 2 aromatic rings. The summed E-state index contributed by atoms with van der Waals surface area (Å²) in [5, 5.41) is 16.0. The number of ether oxygens (including phenoxy) is 2. The molecule has 0 bridgehead atoms. The second-order valence-electron chi connectivity index (χ2n) is 8.15. The molecule has 150 valence electrons. The van der Waals surface area contributed by atoms with Crippen LogP contribution in [0.5, 0.6) is 5.88 Å². The summed E-state index contributed by atoms with van der Waals surface area (Å²) < 4.78 is 13.3. The van der Waals surface area contributed by atoms with Crippen LogP contribution in [0.1, 0.15) is 50.1 Å². The molecule has 3 aliphatic rings. The summed E-state index contributed by atoms with van der Waals surface area (Å²) in [4.78, 5) is 4.68. The fourth-order valence-electron chi connectivity index (χ4n) is 4.91. The third-order valence-electron chi connectivity index (χ3n) is 6.32. The molecule has 1 aromatic carbocycles. The summed E-state index contributed by atoms with van der Waals surface area (Å²) in [6.45, 7) is 3.24. The molecular weight excluding hydrogens is 354 g/mol. The summed E-state index contributed by atoms with van der Waals surface area (Å²) in [5.74, 6) is 0.323. The Kier molecular flexibility index (Phi) is 4.99. The first-order valence-electron chi connectivity index (χ1n) is 10.6. The molecule has 0 unspecified atom stereocenters. The zero-order valence-corrected chi connectivity index (χ0v) is 16.3. The fourth-order valence-corrected chi connectivity index (χ4v) is 4.91.